The first-order chi connectivity index (χ1) is 7.89. The van der Waals surface area contributed by atoms with Crippen LogP contribution < -0.4 is 0 Å². The summed E-state index contributed by atoms with van der Waals surface area (Å²) in [5.41, 5.74) is 0.670. The number of hydrogen-bond donors (Lipinski definition) is 2. The van der Waals surface area contributed by atoms with E-state index >= 15 is 0 Å². The third kappa shape index (κ3) is 2.12. The van der Waals surface area contributed by atoms with Gasteiger partial charge in [-0.2, -0.15) is 0 Å². The van der Waals surface area contributed by atoms with Gasteiger partial charge in [0.25, 0.3) is 0 Å². The van der Waals surface area contributed by atoms with Gasteiger partial charge in [0.2, 0.25) is 0 Å². The Morgan fingerprint density at radius 3 is 2.29 bits per heavy atom. The summed E-state index contributed by atoms with van der Waals surface area (Å²) in [6.45, 7) is 5.43. The van der Waals surface area contributed by atoms with E-state index in [1.165, 1.54) is 0 Å². The smallest absolute Gasteiger partial charge is 0.331 e. The summed E-state index contributed by atoms with van der Waals surface area (Å²) in [6, 6.07) is 0. The molecule has 0 radical (unpaired) electrons. The van der Waals surface area contributed by atoms with E-state index in [4.69, 9.17) is 5.11 Å². The van der Waals surface area contributed by atoms with E-state index < -0.39 is 17.4 Å². The van der Waals surface area contributed by atoms with E-state index in [-0.39, 0.29) is 12.0 Å². The molecule has 0 bridgehead atoms. The molecule has 2 N–H and O–H groups in total. The highest BCUT2D eigenvalue weighted by molar-refractivity contribution is 5.92. The molecule has 0 spiro atoms. The van der Waals surface area contributed by atoms with E-state index in [0.29, 0.717) is 12.8 Å². The second-order valence-corrected chi connectivity index (χ2v) is 4.41. The molecule has 4 heteroatoms. The lowest BCUT2D eigenvalue weighted by Gasteiger charge is -2.33. The number of allylic oxidation sites excluding steroid dienone is 2. The second kappa shape index (κ2) is 4.73. The average molecular weight is 238 g/mol. The van der Waals surface area contributed by atoms with Gasteiger partial charge in [0.05, 0.1) is 5.41 Å². The van der Waals surface area contributed by atoms with Crippen LogP contribution in [0.25, 0.3) is 0 Å². The third-order valence-corrected chi connectivity index (χ3v) is 3.66. The molecule has 0 aliphatic heterocycles. The van der Waals surface area contributed by atoms with Crippen LogP contribution in [0.5, 0.6) is 0 Å². The monoisotopic (exact) mass is 238 g/mol. The molecule has 0 heterocycles. The summed E-state index contributed by atoms with van der Waals surface area (Å²) in [6.07, 6.45) is 2.82. The first-order valence-electron chi connectivity index (χ1n) is 5.76. The van der Waals surface area contributed by atoms with Gasteiger partial charge in [0.15, 0.2) is 0 Å². The Morgan fingerprint density at radius 2 is 1.94 bits per heavy atom. The van der Waals surface area contributed by atoms with Gasteiger partial charge < -0.3 is 10.2 Å². The Morgan fingerprint density at radius 1 is 1.35 bits per heavy atom. The fourth-order valence-corrected chi connectivity index (χ4v) is 2.37. The first-order valence-corrected chi connectivity index (χ1v) is 5.76. The Hall–Kier alpha value is -1.58. The highest BCUT2D eigenvalue weighted by Gasteiger charge is 2.43. The number of carbonyl (C=O) groups is 2. The minimum Gasteiger partial charge on any atom is -0.481 e. The van der Waals surface area contributed by atoms with Crippen LogP contribution in [0, 0.1) is 5.41 Å². The Balaban J connectivity index is 3.33. The van der Waals surface area contributed by atoms with E-state index in [1.807, 2.05) is 6.92 Å². The number of aliphatic carboxylic acids is 2. The zero-order chi connectivity index (χ0) is 13.2. The number of hydrogen-bond acceptors (Lipinski definition) is 2. The summed E-state index contributed by atoms with van der Waals surface area (Å²) in [5, 5.41) is 18.5. The SMILES string of the molecule is CCC1=C(C(=O)O)CC(CC)(C(=O)O)C(C)=C1. The maximum absolute atomic E-state index is 11.4. The largest absolute Gasteiger partial charge is 0.481 e. The normalized spacial score (nSPS) is 24.5. The lowest BCUT2D eigenvalue weighted by molar-refractivity contribution is -0.147. The van der Waals surface area contributed by atoms with Crippen molar-refractivity contribution >= 4 is 11.9 Å². The van der Waals surface area contributed by atoms with Gasteiger partial charge in [-0.1, -0.05) is 25.5 Å². The summed E-state index contributed by atoms with van der Waals surface area (Å²) in [5.74, 6) is -1.95. The van der Waals surface area contributed by atoms with Crippen molar-refractivity contribution < 1.29 is 19.8 Å². The third-order valence-electron chi connectivity index (χ3n) is 3.66. The number of rotatable bonds is 4. The van der Waals surface area contributed by atoms with Gasteiger partial charge in [-0.05, 0) is 31.8 Å². The van der Waals surface area contributed by atoms with Gasteiger partial charge in [-0.3, -0.25) is 4.79 Å². The maximum Gasteiger partial charge on any atom is 0.331 e. The Bertz CT molecular complexity index is 417. The van der Waals surface area contributed by atoms with Crippen LogP contribution in [-0.2, 0) is 9.59 Å². The quantitative estimate of drug-likeness (QED) is 0.789. The van der Waals surface area contributed by atoms with Gasteiger partial charge >= 0.3 is 11.9 Å². The topological polar surface area (TPSA) is 74.6 Å². The maximum atomic E-state index is 11.4. The van der Waals surface area contributed by atoms with Crippen molar-refractivity contribution in [1.29, 1.82) is 0 Å². The molecular weight excluding hydrogens is 220 g/mol. The van der Waals surface area contributed by atoms with Gasteiger partial charge in [0.1, 0.15) is 0 Å². The minimum absolute atomic E-state index is 0.0830. The number of carboxylic acid groups (broad SMARTS) is 2. The molecule has 17 heavy (non-hydrogen) atoms. The molecule has 0 amide bonds. The van der Waals surface area contributed by atoms with Crippen molar-refractivity contribution in [3.63, 3.8) is 0 Å². The van der Waals surface area contributed by atoms with Crippen LogP contribution in [-0.4, -0.2) is 22.2 Å². The standard InChI is InChI=1S/C13H18O4/c1-4-9-6-8(3)13(5-2,12(16)17)7-10(9)11(14)15/h6H,4-5,7H2,1-3H3,(H,14,15)(H,16,17). The molecule has 1 aliphatic carbocycles. The second-order valence-electron chi connectivity index (χ2n) is 4.41. The van der Waals surface area contributed by atoms with Crippen LogP contribution >= 0.6 is 0 Å². The van der Waals surface area contributed by atoms with Crippen molar-refractivity contribution in [3.8, 4) is 0 Å². The highest BCUT2D eigenvalue weighted by atomic mass is 16.4. The predicted molar refractivity (Wildman–Crippen MR) is 63.7 cm³/mol. The molecule has 0 fully saturated rings. The molecule has 0 aromatic rings. The van der Waals surface area contributed by atoms with Crippen LogP contribution in [0.3, 0.4) is 0 Å². The predicted octanol–water partition coefficient (Wildman–Crippen LogP) is 2.61. The molecule has 0 aromatic carbocycles. The number of carboxylic acids is 2. The van der Waals surface area contributed by atoms with Gasteiger partial charge in [0, 0.05) is 5.57 Å². The first kappa shape index (κ1) is 13.5. The fourth-order valence-electron chi connectivity index (χ4n) is 2.37. The van der Waals surface area contributed by atoms with Crippen molar-refractivity contribution in [3.05, 3.63) is 22.8 Å². The van der Waals surface area contributed by atoms with Crippen LogP contribution in [0.4, 0.5) is 0 Å². The molecule has 1 rings (SSSR count). The lowest BCUT2D eigenvalue weighted by Crippen LogP contribution is -2.35. The Labute approximate surface area is 101 Å². The molecule has 0 aromatic heterocycles. The van der Waals surface area contributed by atoms with E-state index in [9.17, 15) is 14.7 Å². The van der Waals surface area contributed by atoms with E-state index in [1.54, 1.807) is 19.9 Å². The summed E-state index contributed by atoms with van der Waals surface area (Å²) < 4.78 is 0. The molecule has 94 valence electrons. The highest BCUT2D eigenvalue weighted by Crippen LogP contribution is 2.43. The molecule has 1 unspecified atom stereocenters. The van der Waals surface area contributed by atoms with Gasteiger partial charge in [-0.15, -0.1) is 0 Å². The van der Waals surface area contributed by atoms with E-state index in [0.717, 1.165) is 11.1 Å². The molecule has 0 saturated heterocycles. The lowest BCUT2D eigenvalue weighted by atomic mass is 9.69. The van der Waals surface area contributed by atoms with Crippen LogP contribution in [0.15, 0.2) is 22.8 Å². The fraction of sp³-hybridized carbons (Fsp3) is 0.538. The summed E-state index contributed by atoms with van der Waals surface area (Å²) in [7, 11) is 0. The minimum atomic E-state index is -1.05. The molecule has 4 nitrogen and oxygen atoms in total. The summed E-state index contributed by atoms with van der Waals surface area (Å²) >= 11 is 0. The van der Waals surface area contributed by atoms with Crippen molar-refractivity contribution in [2.24, 2.45) is 5.41 Å². The van der Waals surface area contributed by atoms with Crippen molar-refractivity contribution in [1.82, 2.24) is 0 Å². The Kier molecular flexibility index (Phi) is 3.76. The van der Waals surface area contributed by atoms with Crippen LogP contribution in [0.1, 0.15) is 40.0 Å². The van der Waals surface area contributed by atoms with Crippen LogP contribution in [0.2, 0.25) is 0 Å². The van der Waals surface area contributed by atoms with E-state index in [2.05, 4.69) is 0 Å². The average Bonchev–Trinajstić information content (AvgIpc) is 2.27. The molecule has 0 saturated carbocycles. The zero-order valence-corrected chi connectivity index (χ0v) is 10.4. The molecule has 1 aliphatic rings. The molecule has 1 atom stereocenters. The molecular formula is C13H18O4. The summed E-state index contributed by atoms with van der Waals surface area (Å²) in [4.78, 5) is 22.6. The van der Waals surface area contributed by atoms with Crippen molar-refractivity contribution in [2.45, 2.75) is 40.0 Å². The zero-order valence-electron chi connectivity index (χ0n) is 10.4. The van der Waals surface area contributed by atoms with Crippen molar-refractivity contribution in [2.75, 3.05) is 0 Å². The van der Waals surface area contributed by atoms with Gasteiger partial charge in [-0.25, -0.2) is 4.79 Å².